The van der Waals surface area contributed by atoms with Crippen LogP contribution in [0.4, 0.5) is 5.69 Å². The Bertz CT molecular complexity index is 523. The predicted molar refractivity (Wildman–Crippen MR) is 84.8 cm³/mol. The molecule has 0 spiro atoms. The van der Waals surface area contributed by atoms with Crippen molar-refractivity contribution >= 4 is 11.6 Å². The predicted octanol–water partition coefficient (Wildman–Crippen LogP) is 2.52. The van der Waals surface area contributed by atoms with Gasteiger partial charge in [0.1, 0.15) is 0 Å². The van der Waals surface area contributed by atoms with Gasteiger partial charge in [-0.1, -0.05) is 18.9 Å². The van der Waals surface area contributed by atoms with E-state index in [1.165, 1.54) is 38.5 Å². The van der Waals surface area contributed by atoms with Gasteiger partial charge < -0.3 is 11.5 Å². The normalized spacial score (nSPS) is 23.7. The van der Waals surface area contributed by atoms with Gasteiger partial charge in [0.2, 0.25) is 5.91 Å². The summed E-state index contributed by atoms with van der Waals surface area (Å²) in [6.45, 7) is 2.06. The Labute approximate surface area is 126 Å². The van der Waals surface area contributed by atoms with Crippen LogP contribution < -0.4 is 11.5 Å². The number of benzene rings is 1. The third kappa shape index (κ3) is 3.05. The number of carbonyl (C=O) groups excluding carboxylic acids is 1. The number of nitrogens with two attached hydrogens (primary N) is 2. The van der Waals surface area contributed by atoms with Crippen molar-refractivity contribution in [3.8, 4) is 0 Å². The Morgan fingerprint density at radius 2 is 1.95 bits per heavy atom. The zero-order valence-electron chi connectivity index (χ0n) is 12.6. The summed E-state index contributed by atoms with van der Waals surface area (Å²) in [5.41, 5.74) is 13.7. The second kappa shape index (κ2) is 6.06. The number of carbonyl (C=O) groups is 1. The van der Waals surface area contributed by atoms with Crippen LogP contribution in [-0.2, 0) is 6.54 Å². The van der Waals surface area contributed by atoms with Crippen LogP contribution in [0.25, 0.3) is 0 Å². The van der Waals surface area contributed by atoms with Crippen molar-refractivity contribution in [2.45, 2.75) is 51.1 Å². The van der Waals surface area contributed by atoms with Crippen molar-refractivity contribution in [2.24, 2.45) is 11.7 Å². The number of anilines is 1. The Morgan fingerprint density at radius 3 is 2.62 bits per heavy atom. The van der Waals surface area contributed by atoms with Gasteiger partial charge in [-0.25, -0.2) is 0 Å². The maximum absolute atomic E-state index is 11.2. The quantitative estimate of drug-likeness (QED) is 0.836. The summed E-state index contributed by atoms with van der Waals surface area (Å²) in [5.74, 6) is 0.455. The largest absolute Gasteiger partial charge is 0.398 e. The number of likely N-dealkylation sites (tertiary alicyclic amines) is 1. The third-order valence-corrected chi connectivity index (χ3v) is 5.16. The van der Waals surface area contributed by atoms with Crippen LogP contribution in [-0.4, -0.2) is 23.4 Å². The summed E-state index contributed by atoms with van der Waals surface area (Å²) >= 11 is 0. The number of rotatable bonds is 4. The summed E-state index contributed by atoms with van der Waals surface area (Å²) in [6.07, 6.45) is 8.17. The van der Waals surface area contributed by atoms with Gasteiger partial charge in [0.05, 0.1) is 0 Å². The fourth-order valence-corrected chi connectivity index (χ4v) is 4.04. The van der Waals surface area contributed by atoms with Gasteiger partial charge in [-0.05, 0) is 55.8 Å². The molecule has 0 bridgehead atoms. The molecule has 1 atom stereocenters. The van der Waals surface area contributed by atoms with E-state index >= 15 is 0 Å². The number of nitrogens with zero attached hydrogens (tertiary/aromatic N) is 1. The summed E-state index contributed by atoms with van der Waals surface area (Å²) in [7, 11) is 0. The van der Waals surface area contributed by atoms with Crippen LogP contribution in [0.5, 0.6) is 0 Å². The molecule has 1 amide bonds. The summed E-state index contributed by atoms with van der Waals surface area (Å²) in [4.78, 5) is 13.8. The summed E-state index contributed by atoms with van der Waals surface area (Å²) in [6, 6.07) is 6.18. The molecular formula is C17H25N3O. The van der Waals surface area contributed by atoms with Crippen LogP contribution in [0.1, 0.15) is 54.4 Å². The summed E-state index contributed by atoms with van der Waals surface area (Å²) < 4.78 is 0. The first kappa shape index (κ1) is 14.4. The molecule has 4 nitrogen and oxygen atoms in total. The Morgan fingerprint density at radius 1 is 1.19 bits per heavy atom. The van der Waals surface area contributed by atoms with Crippen molar-refractivity contribution in [1.29, 1.82) is 0 Å². The van der Waals surface area contributed by atoms with Crippen molar-refractivity contribution in [3.05, 3.63) is 29.3 Å². The molecule has 21 heavy (non-hydrogen) atoms. The standard InChI is InChI=1S/C17H25N3O/c18-15-10-13(17(19)21)7-8-14(15)11-20-9-3-6-16(20)12-4-1-2-5-12/h7-8,10,12,16H,1-6,9,11,18H2,(H2,19,21). The maximum Gasteiger partial charge on any atom is 0.248 e. The van der Waals surface area contributed by atoms with E-state index in [0.717, 1.165) is 30.6 Å². The molecule has 1 unspecified atom stereocenters. The number of hydrogen-bond acceptors (Lipinski definition) is 3. The molecule has 2 fully saturated rings. The fraction of sp³-hybridized carbons (Fsp3) is 0.588. The molecule has 1 aliphatic heterocycles. The fourth-order valence-electron chi connectivity index (χ4n) is 4.04. The molecule has 1 saturated carbocycles. The van der Waals surface area contributed by atoms with Crippen molar-refractivity contribution < 1.29 is 4.79 Å². The first-order chi connectivity index (χ1) is 10.1. The van der Waals surface area contributed by atoms with Gasteiger partial charge in [0.25, 0.3) is 0 Å². The second-order valence-electron chi connectivity index (χ2n) is 6.50. The minimum absolute atomic E-state index is 0.418. The molecule has 1 aromatic rings. The molecule has 1 aliphatic carbocycles. The van der Waals surface area contributed by atoms with Crippen LogP contribution in [0, 0.1) is 5.92 Å². The molecular weight excluding hydrogens is 262 g/mol. The Kier molecular flexibility index (Phi) is 4.15. The van der Waals surface area contributed by atoms with Crippen molar-refractivity contribution in [2.75, 3.05) is 12.3 Å². The molecule has 4 N–H and O–H groups in total. The number of amides is 1. The number of nitrogen functional groups attached to an aromatic ring is 1. The molecule has 2 aliphatic rings. The van der Waals surface area contributed by atoms with Gasteiger partial charge in [-0.2, -0.15) is 0 Å². The monoisotopic (exact) mass is 287 g/mol. The van der Waals surface area contributed by atoms with Gasteiger partial charge in [-0.3, -0.25) is 9.69 Å². The lowest BCUT2D eigenvalue weighted by atomic mass is 9.95. The van der Waals surface area contributed by atoms with Crippen LogP contribution in [0.2, 0.25) is 0 Å². The van der Waals surface area contributed by atoms with Gasteiger partial charge in [0, 0.05) is 23.8 Å². The average Bonchev–Trinajstić information content (AvgIpc) is 3.11. The topological polar surface area (TPSA) is 72.4 Å². The van der Waals surface area contributed by atoms with Crippen LogP contribution in [0.15, 0.2) is 18.2 Å². The van der Waals surface area contributed by atoms with E-state index in [9.17, 15) is 4.79 Å². The molecule has 114 valence electrons. The molecule has 4 heteroatoms. The second-order valence-corrected chi connectivity index (χ2v) is 6.50. The highest BCUT2D eigenvalue weighted by molar-refractivity contribution is 5.93. The van der Waals surface area contributed by atoms with E-state index in [1.807, 2.05) is 6.07 Å². The number of hydrogen-bond donors (Lipinski definition) is 2. The van der Waals surface area contributed by atoms with E-state index in [4.69, 9.17) is 11.5 Å². The van der Waals surface area contributed by atoms with Crippen molar-refractivity contribution in [1.82, 2.24) is 4.90 Å². The molecule has 1 heterocycles. The lowest BCUT2D eigenvalue weighted by Gasteiger charge is -2.29. The van der Waals surface area contributed by atoms with Gasteiger partial charge in [-0.15, -0.1) is 0 Å². The van der Waals surface area contributed by atoms with E-state index in [2.05, 4.69) is 4.90 Å². The summed E-state index contributed by atoms with van der Waals surface area (Å²) in [5, 5.41) is 0. The smallest absolute Gasteiger partial charge is 0.248 e. The highest BCUT2D eigenvalue weighted by Gasteiger charge is 2.33. The van der Waals surface area contributed by atoms with E-state index in [-0.39, 0.29) is 0 Å². The van der Waals surface area contributed by atoms with E-state index in [1.54, 1.807) is 12.1 Å². The third-order valence-electron chi connectivity index (χ3n) is 5.16. The highest BCUT2D eigenvalue weighted by atomic mass is 16.1. The Balaban J connectivity index is 1.71. The Hall–Kier alpha value is -1.55. The molecule has 0 radical (unpaired) electrons. The first-order valence-corrected chi connectivity index (χ1v) is 8.07. The minimum atomic E-state index is -0.418. The lowest BCUT2D eigenvalue weighted by Crippen LogP contribution is -2.34. The van der Waals surface area contributed by atoms with Gasteiger partial charge in [0.15, 0.2) is 0 Å². The SMILES string of the molecule is NC(=O)c1ccc(CN2CCCC2C2CCCC2)c(N)c1. The minimum Gasteiger partial charge on any atom is -0.398 e. The molecule has 1 saturated heterocycles. The first-order valence-electron chi connectivity index (χ1n) is 8.07. The zero-order chi connectivity index (χ0) is 14.8. The van der Waals surface area contributed by atoms with E-state index < -0.39 is 5.91 Å². The zero-order valence-corrected chi connectivity index (χ0v) is 12.6. The average molecular weight is 287 g/mol. The van der Waals surface area contributed by atoms with Crippen LogP contribution in [0.3, 0.4) is 0 Å². The van der Waals surface area contributed by atoms with Crippen molar-refractivity contribution in [3.63, 3.8) is 0 Å². The number of primary amides is 1. The molecule has 0 aromatic heterocycles. The van der Waals surface area contributed by atoms with E-state index in [0.29, 0.717) is 11.3 Å². The lowest BCUT2D eigenvalue weighted by molar-refractivity contribution is 0.100. The maximum atomic E-state index is 11.2. The highest BCUT2D eigenvalue weighted by Crippen LogP contribution is 2.36. The molecule has 1 aromatic carbocycles. The molecule has 3 rings (SSSR count). The van der Waals surface area contributed by atoms with Gasteiger partial charge >= 0.3 is 0 Å². The van der Waals surface area contributed by atoms with Crippen LogP contribution >= 0.6 is 0 Å².